The van der Waals surface area contributed by atoms with Gasteiger partial charge in [0.05, 0.1) is 12.2 Å². The molecule has 0 saturated carbocycles. The van der Waals surface area contributed by atoms with Gasteiger partial charge in [0.25, 0.3) is 0 Å². The number of carbonyl (C=O) groups excluding carboxylic acids is 1. The molecule has 3 rings (SSSR count). The smallest absolute Gasteiger partial charge is 0.221 e. The Morgan fingerprint density at radius 3 is 2.79 bits per heavy atom. The van der Waals surface area contributed by atoms with Crippen LogP contribution >= 0.6 is 11.8 Å². The number of rotatable bonds is 2. The Labute approximate surface area is 122 Å². The van der Waals surface area contributed by atoms with Crippen LogP contribution < -0.4 is 17.7 Å². The molecule has 1 aromatic carbocycles. The Morgan fingerprint density at radius 2 is 2.11 bits per heavy atom. The standard InChI is InChI=1S/C13H13N3OS.ClH/c1-9(17)15-11-4-2-10(3-5-11)12-8-18-13-14-6-7-16(12)13;/h2-5,8H,6-7H2,1H3,(H,15,17);1H/p-1. The second kappa shape index (κ2) is 5.67. The van der Waals surface area contributed by atoms with Crippen molar-refractivity contribution in [2.45, 2.75) is 6.92 Å². The summed E-state index contributed by atoms with van der Waals surface area (Å²) < 4.78 is 0. The van der Waals surface area contributed by atoms with Gasteiger partial charge in [-0.3, -0.25) is 9.79 Å². The minimum atomic E-state index is -0.0487. The third-order valence-electron chi connectivity index (χ3n) is 2.87. The fourth-order valence-corrected chi connectivity index (χ4v) is 3.04. The van der Waals surface area contributed by atoms with Crippen LogP contribution in [-0.2, 0) is 4.79 Å². The van der Waals surface area contributed by atoms with Gasteiger partial charge < -0.3 is 22.6 Å². The maximum Gasteiger partial charge on any atom is 0.221 e. The summed E-state index contributed by atoms with van der Waals surface area (Å²) in [6.45, 7) is 3.35. The first-order valence-electron chi connectivity index (χ1n) is 5.81. The van der Waals surface area contributed by atoms with Gasteiger partial charge >= 0.3 is 0 Å². The molecule has 0 unspecified atom stereocenters. The number of amidine groups is 1. The second-order valence-corrected chi connectivity index (χ2v) is 5.03. The normalized spacial score (nSPS) is 16.4. The van der Waals surface area contributed by atoms with Crippen LogP contribution in [0.1, 0.15) is 12.5 Å². The van der Waals surface area contributed by atoms with Crippen molar-refractivity contribution < 1.29 is 17.2 Å². The van der Waals surface area contributed by atoms with Crippen molar-refractivity contribution in [2.75, 3.05) is 18.4 Å². The zero-order chi connectivity index (χ0) is 12.5. The number of hydrogen-bond acceptors (Lipinski definition) is 4. The Morgan fingerprint density at radius 1 is 1.37 bits per heavy atom. The van der Waals surface area contributed by atoms with Crippen LogP contribution in [0, 0.1) is 0 Å². The lowest BCUT2D eigenvalue weighted by atomic mass is 10.1. The Bertz CT molecular complexity index is 554. The van der Waals surface area contributed by atoms with Crippen LogP contribution in [0.25, 0.3) is 5.70 Å². The van der Waals surface area contributed by atoms with E-state index in [-0.39, 0.29) is 18.3 Å². The number of halogens is 1. The molecule has 100 valence electrons. The molecule has 4 nitrogen and oxygen atoms in total. The summed E-state index contributed by atoms with van der Waals surface area (Å²) in [5.41, 5.74) is 3.18. The lowest BCUT2D eigenvalue weighted by Crippen LogP contribution is -3.00. The molecule has 2 aliphatic heterocycles. The SMILES string of the molecule is CC(=O)Nc1ccc(C2=CSC3=NCCN23)cc1.[Cl-]. The molecule has 0 aromatic heterocycles. The van der Waals surface area contributed by atoms with E-state index in [0.29, 0.717) is 0 Å². The highest BCUT2D eigenvalue weighted by molar-refractivity contribution is 8.16. The van der Waals surface area contributed by atoms with Crippen molar-refractivity contribution in [3.63, 3.8) is 0 Å². The molecule has 6 heteroatoms. The zero-order valence-corrected chi connectivity index (χ0v) is 12.0. The van der Waals surface area contributed by atoms with Crippen LogP contribution in [0.3, 0.4) is 0 Å². The summed E-state index contributed by atoms with van der Waals surface area (Å²) in [6, 6.07) is 7.90. The lowest BCUT2D eigenvalue weighted by molar-refractivity contribution is -0.114. The lowest BCUT2D eigenvalue weighted by Gasteiger charge is -2.16. The highest BCUT2D eigenvalue weighted by Crippen LogP contribution is 2.35. The van der Waals surface area contributed by atoms with Crippen molar-refractivity contribution in [3.05, 3.63) is 35.2 Å². The minimum Gasteiger partial charge on any atom is -1.00 e. The van der Waals surface area contributed by atoms with Gasteiger partial charge in [-0.15, -0.1) is 0 Å². The molecule has 2 aliphatic rings. The molecular weight excluding hydrogens is 282 g/mol. The molecule has 0 bridgehead atoms. The molecule has 19 heavy (non-hydrogen) atoms. The van der Waals surface area contributed by atoms with Gasteiger partial charge in [-0.25, -0.2) is 0 Å². The van der Waals surface area contributed by atoms with Gasteiger partial charge in [0.2, 0.25) is 5.91 Å². The summed E-state index contributed by atoms with van der Waals surface area (Å²) in [5.74, 6) is -0.0487. The van der Waals surface area contributed by atoms with E-state index in [1.54, 1.807) is 11.8 Å². The van der Waals surface area contributed by atoms with E-state index in [1.807, 2.05) is 24.3 Å². The molecule has 0 aliphatic carbocycles. The summed E-state index contributed by atoms with van der Waals surface area (Å²) in [4.78, 5) is 17.6. The van der Waals surface area contributed by atoms with Gasteiger partial charge in [0.1, 0.15) is 0 Å². The quantitative estimate of drug-likeness (QED) is 0.790. The molecule has 0 atom stereocenters. The Kier molecular flexibility index (Phi) is 4.17. The summed E-state index contributed by atoms with van der Waals surface area (Å²) in [5, 5.41) is 5.99. The van der Waals surface area contributed by atoms with Crippen LogP contribution in [0.2, 0.25) is 0 Å². The molecule has 0 spiro atoms. The number of thioether (sulfide) groups is 1. The first-order valence-corrected chi connectivity index (χ1v) is 6.69. The fourth-order valence-electron chi connectivity index (χ4n) is 2.07. The predicted octanol–water partition coefficient (Wildman–Crippen LogP) is -0.634. The van der Waals surface area contributed by atoms with Crippen molar-refractivity contribution in [1.82, 2.24) is 4.90 Å². The van der Waals surface area contributed by atoms with E-state index >= 15 is 0 Å². The number of nitrogens with one attached hydrogen (secondary N) is 1. The van der Waals surface area contributed by atoms with E-state index in [4.69, 9.17) is 0 Å². The summed E-state index contributed by atoms with van der Waals surface area (Å²) >= 11 is 1.67. The maximum atomic E-state index is 11.0. The molecule has 0 fully saturated rings. The number of amides is 1. The van der Waals surface area contributed by atoms with Crippen LogP contribution in [0.4, 0.5) is 5.69 Å². The third kappa shape index (κ3) is 2.77. The number of aliphatic imine (C=N–C) groups is 1. The molecular formula is C13H13ClN3OS-. The van der Waals surface area contributed by atoms with Gasteiger partial charge in [-0.1, -0.05) is 23.9 Å². The number of nitrogens with zero attached hydrogens (tertiary/aromatic N) is 2. The van der Waals surface area contributed by atoms with Crippen LogP contribution in [0.5, 0.6) is 0 Å². The molecule has 2 heterocycles. The van der Waals surface area contributed by atoms with E-state index in [2.05, 4.69) is 20.6 Å². The molecule has 1 aromatic rings. The summed E-state index contributed by atoms with van der Waals surface area (Å²) in [7, 11) is 0. The van der Waals surface area contributed by atoms with Crippen LogP contribution in [0.15, 0.2) is 34.7 Å². The molecule has 1 N–H and O–H groups in total. The van der Waals surface area contributed by atoms with E-state index in [0.717, 1.165) is 29.5 Å². The fraction of sp³-hybridized carbons (Fsp3) is 0.231. The van der Waals surface area contributed by atoms with E-state index in [9.17, 15) is 4.79 Å². The van der Waals surface area contributed by atoms with Crippen molar-refractivity contribution in [1.29, 1.82) is 0 Å². The molecule has 0 radical (unpaired) electrons. The van der Waals surface area contributed by atoms with Gasteiger partial charge in [-0.05, 0) is 17.7 Å². The highest BCUT2D eigenvalue weighted by atomic mass is 35.5. The van der Waals surface area contributed by atoms with Crippen molar-refractivity contribution in [3.8, 4) is 0 Å². The van der Waals surface area contributed by atoms with Crippen LogP contribution in [-0.4, -0.2) is 29.1 Å². The minimum absolute atomic E-state index is 0. The Hall–Kier alpha value is -1.46. The van der Waals surface area contributed by atoms with Gasteiger partial charge in [0.15, 0.2) is 5.17 Å². The first-order chi connectivity index (χ1) is 8.74. The van der Waals surface area contributed by atoms with Crippen molar-refractivity contribution in [2.24, 2.45) is 4.99 Å². The van der Waals surface area contributed by atoms with E-state index < -0.39 is 0 Å². The van der Waals surface area contributed by atoms with Gasteiger partial charge in [-0.2, -0.15) is 0 Å². The van der Waals surface area contributed by atoms with Gasteiger partial charge in [0, 0.05) is 24.6 Å². The third-order valence-corrected chi connectivity index (χ3v) is 3.77. The first kappa shape index (κ1) is 14.0. The maximum absolute atomic E-state index is 11.0. The Balaban J connectivity index is 0.00000133. The zero-order valence-electron chi connectivity index (χ0n) is 10.4. The second-order valence-electron chi connectivity index (χ2n) is 4.20. The van der Waals surface area contributed by atoms with Crippen molar-refractivity contribution >= 4 is 34.2 Å². The number of benzene rings is 1. The number of fused-ring (bicyclic) bond motifs is 1. The average Bonchev–Trinajstić information content (AvgIpc) is 2.91. The molecule has 0 saturated heterocycles. The average molecular weight is 295 g/mol. The molecule has 1 amide bonds. The number of anilines is 1. The number of hydrogen-bond donors (Lipinski definition) is 1. The predicted molar refractivity (Wildman–Crippen MR) is 75.3 cm³/mol. The van der Waals surface area contributed by atoms with E-state index in [1.165, 1.54) is 12.6 Å². The largest absolute Gasteiger partial charge is 1.00 e. The monoisotopic (exact) mass is 294 g/mol. The number of carbonyl (C=O) groups is 1. The summed E-state index contributed by atoms with van der Waals surface area (Å²) in [6.07, 6.45) is 0. The highest BCUT2D eigenvalue weighted by Gasteiger charge is 2.26. The topological polar surface area (TPSA) is 44.7 Å².